The van der Waals surface area contributed by atoms with E-state index in [1.807, 2.05) is 84.3 Å². The summed E-state index contributed by atoms with van der Waals surface area (Å²) in [5.41, 5.74) is 5.72. The molecule has 0 saturated heterocycles. The molecule has 4 aromatic rings. The number of nitrogens with one attached hydrogen (secondary N) is 1. The Morgan fingerprint density at radius 2 is 1.81 bits per heavy atom. The Labute approximate surface area is 182 Å². The zero-order chi connectivity index (χ0) is 21.8. The molecule has 0 bridgehead atoms. The zero-order valence-electron chi connectivity index (χ0n) is 17.9. The fraction of sp³-hybridized carbons (Fsp3) is 0.148. The molecule has 1 amide bonds. The molecule has 0 fully saturated rings. The maximum Gasteiger partial charge on any atom is 0.272 e. The second-order valence-corrected chi connectivity index (χ2v) is 7.65. The smallest absolute Gasteiger partial charge is 0.272 e. The molecule has 1 N–H and O–H groups in total. The Bertz CT molecular complexity index is 1240. The molecule has 0 radical (unpaired) electrons. The predicted molar refractivity (Wildman–Crippen MR) is 127 cm³/mol. The number of aryl methyl sites for hydroxylation is 2. The third kappa shape index (κ3) is 4.38. The molecule has 0 aliphatic heterocycles. The van der Waals surface area contributed by atoms with Crippen molar-refractivity contribution in [1.82, 2.24) is 4.57 Å². The summed E-state index contributed by atoms with van der Waals surface area (Å²) in [6.45, 7) is 8.95. The highest BCUT2D eigenvalue weighted by Gasteiger charge is 2.18. The topological polar surface area (TPSA) is 43.3 Å². The molecule has 0 unspecified atom stereocenters. The number of amides is 1. The van der Waals surface area contributed by atoms with Crippen LogP contribution in [0.25, 0.3) is 10.9 Å². The first-order chi connectivity index (χ1) is 15.1. The monoisotopic (exact) mass is 410 g/mol. The Morgan fingerprint density at radius 1 is 1.00 bits per heavy atom. The average Bonchev–Trinajstić information content (AvgIpc) is 3.15. The number of allylic oxidation sites excluding steroid dienone is 1. The quantitative estimate of drug-likeness (QED) is 0.365. The van der Waals surface area contributed by atoms with Crippen molar-refractivity contribution in [2.24, 2.45) is 0 Å². The van der Waals surface area contributed by atoms with Gasteiger partial charge < -0.3 is 14.6 Å². The molecule has 0 saturated carbocycles. The van der Waals surface area contributed by atoms with E-state index in [1.165, 1.54) is 5.56 Å². The molecule has 0 aliphatic rings. The van der Waals surface area contributed by atoms with Crippen LogP contribution in [0.4, 0.5) is 5.69 Å². The van der Waals surface area contributed by atoms with Crippen LogP contribution < -0.4 is 10.1 Å². The summed E-state index contributed by atoms with van der Waals surface area (Å²) in [5, 5.41) is 3.94. The van der Waals surface area contributed by atoms with Crippen molar-refractivity contribution >= 4 is 22.5 Å². The van der Waals surface area contributed by atoms with Crippen LogP contribution in [0.3, 0.4) is 0 Å². The molecule has 4 nitrogen and oxygen atoms in total. The highest BCUT2D eigenvalue weighted by Crippen LogP contribution is 2.30. The van der Waals surface area contributed by atoms with Crippen LogP contribution in [0.5, 0.6) is 5.75 Å². The molecule has 4 heteroatoms. The van der Waals surface area contributed by atoms with Gasteiger partial charge in [0, 0.05) is 17.6 Å². The van der Waals surface area contributed by atoms with Gasteiger partial charge in [0.05, 0.1) is 5.52 Å². The Hall–Kier alpha value is -3.79. The lowest BCUT2D eigenvalue weighted by molar-refractivity contribution is 0.101. The van der Waals surface area contributed by atoms with Crippen molar-refractivity contribution in [3.05, 3.63) is 108 Å². The lowest BCUT2D eigenvalue weighted by Crippen LogP contribution is -2.16. The van der Waals surface area contributed by atoms with E-state index in [0.29, 0.717) is 18.8 Å². The number of ether oxygens (including phenoxy) is 1. The molecular weight excluding hydrogens is 384 g/mol. The van der Waals surface area contributed by atoms with E-state index < -0.39 is 0 Å². The van der Waals surface area contributed by atoms with Crippen molar-refractivity contribution in [2.75, 3.05) is 5.32 Å². The first-order valence-electron chi connectivity index (χ1n) is 10.4. The van der Waals surface area contributed by atoms with Gasteiger partial charge in [0.15, 0.2) is 0 Å². The summed E-state index contributed by atoms with van der Waals surface area (Å²) in [7, 11) is 0. The van der Waals surface area contributed by atoms with E-state index in [-0.39, 0.29) is 5.91 Å². The minimum Gasteiger partial charge on any atom is -0.488 e. The molecule has 31 heavy (non-hydrogen) atoms. The van der Waals surface area contributed by atoms with Gasteiger partial charge in [0.1, 0.15) is 18.1 Å². The number of benzene rings is 3. The molecular formula is C27H26N2O2. The SMILES string of the molecule is C=CCn1c(C(=O)Nc2ccc(C)c(C)c2)cc2c(OCc3ccccc3)cccc21. The van der Waals surface area contributed by atoms with E-state index in [1.54, 1.807) is 6.08 Å². The van der Waals surface area contributed by atoms with Crippen LogP contribution in [0.2, 0.25) is 0 Å². The molecule has 156 valence electrons. The highest BCUT2D eigenvalue weighted by atomic mass is 16.5. The Morgan fingerprint density at radius 3 is 2.55 bits per heavy atom. The first-order valence-corrected chi connectivity index (χ1v) is 10.4. The van der Waals surface area contributed by atoms with Crippen molar-refractivity contribution in [1.29, 1.82) is 0 Å². The molecule has 4 rings (SSSR count). The van der Waals surface area contributed by atoms with Gasteiger partial charge in [0.2, 0.25) is 0 Å². The second kappa shape index (κ2) is 8.92. The van der Waals surface area contributed by atoms with Crippen molar-refractivity contribution < 1.29 is 9.53 Å². The number of anilines is 1. The number of carbonyl (C=O) groups excluding carboxylic acids is 1. The summed E-state index contributed by atoms with van der Waals surface area (Å²) in [6.07, 6.45) is 1.80. The van der Waals surface area contributed by atoms with Crippen LogP contribution in [0, 0.1) is 13.8 Å². The Balaban J connectivity index is 1.67. The summed E-state index contributed by atoms with van der Waals surface area (Å²) in [4.78, 5) is 13.2. The van der Waals surface area contributed by atoms with Gasteiger partial charge in [-0.05, 0) is 60.9 Å². The predicted octanol–water partition coefficient (Wildman–Crippen LogP) is 6.28. The van der Waals surface area contributed by atoms with Gasteiger partial charge >= 0.3 is 0 Å². The standard InChI is InChI=1S/C27H26N2O2/c1-4-15-29-24-11-8-12-26(31-18-21-9-6-5-7-10-21)23(24)17-25(29)27(30)28-22-14-13-19(2)20(3)16-22/h4-14,16-17H,1,15,18H2,2-3H3,(H,28,30). The molecule has 0 atom stereocenters. The van der Waals surface area contributed by atoms with Crippen molar-refractivity contribution in [3.63, 3.8) is 0 Å². The van der Waals surface area contributed by atoms with E-state index in [4.69, 9.17) is 4.74 Å². The number of hydrogen-bond donors (Lipinski definition) is 1. The van der Waals surface area contributed by atoms with Crippen LogP contribution in [-0.4, -0.2) is 10.5 Å². The fourth-order valence-electron chi connectivity index (χ4n) is 3.65. The van der Waals surface area contributed by atoms with Crippen molar-refractivity contribution in [2.45, 2.75) is 27.0 Å². The van der Waals surface area contributed by atoms with Gasteiger partial charge in [0.25, 0.3) is 5.91 Å². The summed E-state index contributed by atoms with van der Waals surface area (Å²) < 4.78 is 8.07. The summed E-state index contributed by atoms with van der Waals surface area (Å²) in [5.74, 6) is 0.597. The third-order valence-corrected chi connectivity index (χ3v) is 5.45. The van der Waals surface area contributed by atoms with E-state index in [9.17, 15) is 4.79 Å². The van der Waals surface area contributed by atoms with Crippen LogP contribution in [0.1, 0.15) is 27.2 Å². The van der Waals surface area contributed by atoms with Gasteiger partial charge in [-0.25, -0.2) is 0 Å². The molecule has 3 aromatic carbocycles. The number of nitrogens with zero attached hydrogens (tertiary/aromatic N) is 1. The number of aromatic nitrogens is 1. The third-order valence-electron chi connectivity index (χ3n) is 5.45. The molecule has 1 aromatic heterocycles. The normalized spacial score (nSPS) is 10.8. The lowest BCUT2D eigenvalue weighted by atomic mass is 10.1. The fourth-order valence-corrected chi connectivity index (χ4v) is 3.65. The largest absolute Gasteiger partial charge is 0.488 e. The van der Waals surface area contributed by atoms with Crippen LogP contribution in [0.15, 0.2) is 85.5 Å². The molecule has 1 heterocycles. The van der Waals surface area contributed by atoms with Crippen LogP contribution in [-0.2, 0) is 13.2 Å². The van der Waals surface area contributed by atoms with Gasteiger partial charge in [-0.1, -0.05) is 48.5 Å². The van der Waals surface area contributed by atoms with Gasteiger partial charge in [-0.3, -0.25) is 4.79 Å². The maximum absolute atomic E-state index is 13.2. The lowest BCUT2D eigenvalue weighted by Gasteiger charge is -2.11. The number of rotatable bonds is 7. The highest BCUT2D eigenvalue weighted by molar-refractivity contribution is 6.07. The number of fused-ring (bicyclic) bond motifs is 1. The molecule has 0 aliphatic carbocycles. The molecule has 0 spiro atoms. The van der Waals surface area contributed by atoms with Crippen molar-refractivity contribution in [3.8, 4) is 5.75 Å². The van der Waals surface area contributed by atoms with E-state index >= 15 is 0 Å². The van der Waals surface area contributed by atoms with E-state index in [0.717, 1.165) is 33.5 Å². The minimum absolute atomic E-state index is 0.157. The Kier molecular flexibility index (Phi) is 5.89. The van der Waals surface area contributed by atoms with Gasteiger partial charge in [-0.15, -0.1) is 6.58 Å². The maximum atomic E-state index is 13.2. The zero-order valence-corrected chi connectivity index (χ0v) is 17.9. The number of hydrogen-bond acceptors (Lipinski definition) is 2. The summed E-state index contributed by atoms with van der Waals surface area (Å²) in [6, 6.07) is 23.8. The van der Waals surface area contributed by atoms with Crippen LogP contribution >= 0.6 is 0 Å². The second-order valence-electron chi connectivity index (χ2n) is 7.65. The average molecular weight is 411 g/mol. The van der Waals surface area contributed by atoms with E-state index in [2.05, 4.69) is 18.8 Å². The summed E-state index contributed by atoms with van der Waals surface area (Å²) >= 11 is 0. The van der Waals surface area contributed by atoms with Gasteiger partial charge in [-0.2, -0.15) is 0 Å². The minimum atomic E-state index is -0.157. The first kappa shape index (κ1) is 20.5. The number of carbonyl (C=O) groups is 1.